The molecule has 1 atom stereocenters. The third kappa shape index (κ3) is 4.07. The molecular formula is C10H22N2. The van der Waals surface area contributed by atoms with Gasteiger partial charge in [0.15, 0.2) is 0 Å². The van der Waals surface area contributed by atoms with Gasteiger partial charge in [0.1, 0.15) is 0 Å². The van der Waals surface area contributed by atoms with E-state index in [9.17, 15) is 0 Å². The van der Waals surface area contributed by atoms with E-state index in [1.165, 1.54) is 45.4 Å². The van der Waals surface area contributed by atoms with Gasteiger partial charge in [-0.15, -0.1) is 0 Å². The van der Waals surface area contributed by atoms with Gasteiger partial charge in [0.05, 0.1) is 0 Å². The molecule has 0 amide bonds. The first kappa shape index (κ1) is 10.0. The van der Waals surface area contributed by atoms with E-state index < -0.39 is 0 Å². The highest BCUT2D eigenvalue weighted by Gasteiger charge is 2.07. The molecule has 1 unspecified atom stereocenters. The topological polar surface area (TPSA) is 15.3 Å². The maximum atomic E-state index is 3.47. The van der Waals surface area contributed by atoms with Crippen LogP contribution in [0.5, 0.6) is 0 Å². The highest BCUT2D eigenvalue weighted by atomic mass is 15.1. The van der Waals surface area contributed by atoms with Crippen LogP contribution in [0.1, 0.15) is 26.2 Å². The molecule has 1 N–H and O–H groups in total. The molecule has 1 rings (SSSR count). The Bertz CT molecular complexity index is 102. The summed E-state index contributed by atoms with van der Waals surface area (Å²) in [6.07, 6.45) is 4.01. The van der Waals surface area contributed by atoms with Gasteiger partial charge in [-0.1, -0.05) is 6.92 Å². The Morgan fingerprint density at radius 2 is 2.00 bits per heavy atom. The van der Waals surface area contributed by atoms with Gasteiger partial charge in [-0.25, -0.2) is 0 Å². The second-order valence-corrected chi connectivity index (χ2v) is 4.11. The van der Waals surface area contributed by atoms with E-state index in [-0.39, 0.29) is 0 Å². The first-order valence-corrected chi connectivity index (χ1v) is 5.18. The molecule has 0 spiro atoms. The van der Waals surface area contributed by atoms with E-state index in [1.807, 2.05) is 0 Å². The maximum absolute atomic E-state index is 3.47. The monoisotopic (exact) mass is 170 g/mol. The Morgan fingerprint density at radius 1 is 1.25 bits per heavy atom. The number of rotatable bonds is 0. The van der Waals surface area contributed by atoms with Gasteiger partial charge in [0, 0.05) is 6.54 Å². The van der Waals surface area contributed by atoms with E-state index >= 15 is 0 Å². The highest BCUT2D eigenvalue weighted by molar-refractivity contribution is 4.63. The average molecular weight is 170 g/mol. The van der Waals surface area contributed by atoms with Crippen molar-refractivity contribution in [3.05, 3.63) is 0 Å². The van der Waals surface area contributed by atoms with Gasteiger partial charge in [-0.2, -0.15) is 0 Å². The lowest BCUT2D eigenvalue weighted by Crippen LogP contribution is -2.30. The summed E-state index contributed by atoms with van der Waals surface area (Å²) in [6.45, 7) is 7.29. The van der Waals surface area contributed by atoms with Crippen LogP contribution in [0.2, 0.25) is 0 Å². The van der Waals surface area contributed by atoms with Crippen LogP contribution in [0.25, 0.3) is 0 Å². The predicted octanol–water partition coefficient (Wildman–Crippen LogP) is 1.33. The largest absolute Gasteiger partial charge is 0.317 e. The Balaban J connectivity index is 2.24. The lowest BCUT2D eigenvalue weighted by atomic mass is 10.0. The van der Waals surface area contributed by atoms with Crippen LogP contribution in [0.4, 0.5) is 0 Å². The number of hydrogen-bond donors (Lipinski definition) is 1. The fraction of sp³-hybridized carbons (Fsp3) is 1.00. The summed E-state index contributed by atoms with van der Waals surface area (Å²) < 4.78 is 0. The molecule has 2 nitrogen and oxygen atoms in total. The lowest BCUT2D eigenvalue weighted by molar-refractivity contribution is 0.264. The van der Waals surface area contributed by atoms with Crippen molar-refractivity contribution in [2.24, 2.45) is 5.92 Å². The normalized spacial score (nSPS) is 30.0. The van der Waals surface area contributed by atoms with Crippen molar-refractivity contribution in [1.82, 2.24) is 10.2 Å². The third-order valence-electron chi connectivity index (χ3n) is 2.57. The molecule has 0 radical (unpaired) electrons. The van der Waals surface area contributed by atoms with Crippen molar-refractivity contribution in [3.63, 3.8) is 0 Å². The van der Waals surface area contributed by atoms with Gasteiger partial charge in [-0.05, 0) is 51.9 Å². The van der Waals surface area contributed by atoms with Gasteiger partial charge in [0.25, 0.3) is 0 Å². The summed E-state index contributed by atoms with van der Waals surface area (Å²) in [7, 11) is 2.23. The molecule has 0 bridgehead atoms. The van der Waals surface area contributed by atoms with Crippen LogP contribution in [-0.2, 0) is 0 Å². The summed E-state index contributed by atoms with van der Waals surface area (Å²) in [5, 5.41) is 3.47. The molecule has 72 valence electrons. The zero-order chi connectivity index (χ0) is 8.81. The van der Waals surface area contributed by atoms with Crippen molar-refractivity contribution in [3.8, 4) is 0 Å². The van der Waals surface area contributed by atoms with Crippen LogP contribution >= 0.6 is 0 Å². The minimum Gasteiger partial charge on any atom is -0.317 e. The second-order valence-electron chi connectivity index (χ2n) is 4.11. The van der Waals surface area contributed by atoms with Crippen LogP contribution in [-0.4, -0.2) is 38.1 Å². The zero-order valence-electron chi connectivity index (χ0n) is 8.47. The van der Waals surface area contributed by atoms with Crippen LogP contribution in [0, 0.1) is 5.92 Å². The molecule has 12 heavy (non-hydrogen) atoms. The molecule has 0 saturated carbocycles. The van der Waals surface area contributed by atoms with Crippen molar-refractivity contribution < 1.29 is 0 Å². The Kier molecular flexibility index (Phi) is 4.62. The molecule has 1 aliphatic rings. The fourth-order valence-electron chi connectivity index (χ4n) is 1.89. The minimum absolute atomic E-state index is 0.870. The maximum Gasteiger partial charge on any atom is 0.000398 e. The van der Waals surface area contributed by atoms with E-state index in [0.717, 1.165) is 5.92 Å². The summed E-state index contributed by atoms with van der Waals surface area (Å²) in [6, 6.07) is 0. The zero-order valence-corrected chi connectivity index (χ0v) is 8.47. The molecular weight excluding hydrogens is 148 g/mol. The minimum atomic E-state index is 0.870. The average Bonchev–Trinajstić information content (AvgIpc) is 2.02. The first-order chi connectivity index (χ1) is 5.79. The molecule has 1 aliphatic heterocycles. The Hall–Kier alpha value is -0.0800. The second kappa shape index (κ2) is 5.55. The standard InChI is InChI=1S/C10H22N2/c1-10-5-3-6-11-7-4-8-12(2)9-10/h10-11H,3-9H2,1-2H3. The Morgan fingerprint density at radius 3 is 2.83 bits per heavy atom. The van der Waals surface area contributed by atoms with Crippen LogP contribution in [0.15, 0.2) is 0 Å². The molecule has 1 heterocycles. The van der Waals surface area contributed by atoms with Crippen molar-refractivity contribution in [2.75, 3.05) is 33.2 Å². The summed E-state index contributed by atoms with van der Waals surface area (Å²) in [5.74, 6) is 0.870. The van der Waals surface area contributed by atoms with Gasteiger partial charge in [-0.3, -0.25) is 0 Å². The van der Waals surface area contributed by atoms with E-state index in [2.05, 4.69) is 24.2 Å². The van der Waals surface area contributed by atoms with E-state index in [0.29, 0.717) is 0 Å². The predicted molar refractivity (Wildman–Crippen MR) is 53.4 cm³/mol. The van der Waals surface area contributed by atoms with Crippen molar-refractivity contribution in [1.29, 1.82) is 0 Å². The quantitative estimate of drug-likeness (QED) is 0.590. The van der Waals surface area contributed by atoms with E-state index in [1.54, 1.807) is 0 Å². The number of nitrogens with one attached hydrogen (secondary N) is 1. The van der Waals surface area contributed by atoms with Crippen LogP contribution < -0.4 is 5.32 Å². The molecule has 1 saturated heterocycles. The van der Waals surface area contributed by atoms with Crippen molar-refractivity contribution >= 4 is 0 Å². The molecule has 2 heteroatoms. The molecule has 0 aromatic carbocycles. The number of nitrogens with zero attached hydrogens (tertiary/aromatic N) is 1. The van der Waals surface area contributed by atoms with Gasteiger partial charge in [0.2, 0.25) is 0 Å². The lowest BCUT2D eigenvalue weighted by Gasteiger charge is -2.22. The summed E-state index contributed by atoms with van der Waals surface area (Å²) >= 11 is 0. The molecule has 0 aromatic rings. The van der Waals surface area contributed by atoms with Gasteiger partial charge < -0.3 is 10.2 Å². The smallest absolute Gasteiger partial charge is 0.000398 e. The SMILES string of the molecule is CC1CCCNCCCN(C)C1. The summed E-state index contributed by atoms with van der Waals surface area (Å²) in [4.78, 5) is 2.46. The van der Waals surface area contributed by atoms with Crippen molar-refractivity contribution in [2.45, 2.75) is 26.2 Å². The Labute approximate surface area is 76.3 Å². The number of hydrogen-bond acceptors (Lipinski definition) is 2. The molecule has 0 aliphatic carbocycles. The highest BCUT2D eigenvalue weighted by Crippen LogP contribution is 2.07. The molecule has 1 fully saturated rings. The van der Waals surface area contributed by atoms with E-state index in [4.69, 9.17) is 0 Å². The first-order valence-electron chi connectivity index (χ1n) is 5.18. The van der Waals surface area contributed by atoms with Crippen LogP contribution in [0.3, 0.4) is 0 Å². The van der Waals surface area contributed by atoms with Gasteiger partial charge >= 0.3 is 0 Å². The summed E-state index contributed by atoms with van der Waals surface area (Å²) in [5.41, 5.74) is 0. The third-order valence-corrected chi connectivity index (χ3v) is 2.57. The fourth-order valence-corrected chi connectivity index (χ4v) is 1.89. The molecule has 0 aromatic heterocycles.